The Balaban J connectivity index is 1.63. The predicted octanol–water partition coefficient (Wildman–Crippen LogP) is 3.11. The monoisotopic (exact) mass is 376 g/mol. The fraction of sp³-hybridized carbons (Fsp3) is 0.348. The second kappa shape index (κ2) is 6.89. The van der Waals surface area contributed by atoms with E-state index in [1.54, 1.807) is 24.3 Å². The third kappa shape index (κ3) is 2.65. The summed E-state index contributed by atoms with van der Waals surface area (Å²) in [5.41, 5.74) is 1.22. The molecule has 5 nitrogen and oxygen atoms in total. The molecule has 0 radical (unpaired) electrons. The first kappa shape index (κ1) is 18.4. The number of benzene rings is 2. The zero-order chi connectivity index (χ0) is 19.9. The standard InChI is InChI=1S/C23H24N2O3/c1-3-24(4-2)22(28)23(16-10-6-5-7-11-16)14-17(23)15-25-20(26)18-12-8-9-13-19(18)21(25)27/h5-13,17H,3-4,14-15H2,1-2H3/t17-,23+/m0/s1. The summed E-state index contributed by atoms with van der Waals surface area (Å²) in [6, 6.07) is 16.7. The Kier molecular flexibility index (Phi) is 4.53. The minimum absolute atomic E-state index is 0.0646. The number of hydrogen-bond donors (Lipinski definition) is 0. The fourth-order valence-corrected chi connectivity index (χ4v) is 4.44. The van der Waals surface area contributed by atoms with Gasteiger partial charge in [-0.25, -0.2) is 0 Å². The number of imide groups is 1. The lowest BCUT2D eigenvalue weighted by Gasteiger charge is -2.27. The van der Waals surface area contributed by atoms with Crippen LogP contribution in [-0.4, -0.2) is 47.2 Å². The van der Waals surface area contributed by atoms with Gasteiger partial charge in [0.2, 0.25) is 5.91 Å². The van der Waals surface area contributed by atoms with E-state index in [-0.39, 0.29) is 30.2 Å². The molecule has 0 saturated heterocycles. The van der Waals surface area contributed by atoms with Gasteiger partial charge in [0.1, 0.15) is 0 Å². The van der Waals surface area contributed by atoms with E-state index in [1.807, 2.05) is 49.1 Å². The van der Waals surface area contributed by atoms with Gasteiger partial charge in [0, 0.05) is 19.6 Å². The molecule has 28 heavy (non-hydrogen) atoms. The predicted molar refractivity (Wildman–Crippen MR) is 106 cm³/mol. The normalized spacial score (nSPS) is 22.9. The van der Waals surface area contributed by atoms with E-state index in [9.17, 15) is 14.4 Å². The number of likely N-dealkylation sites (N-methyl/N-ethyl adjacent to an activating group) is 1. The van der Waals surface area contributed by atoms with E-state index in [1.165, 1.54) is 4.90 Å². The van der Waals surface area contributed by atoms with Crippen LogP contribution in [-0.2, 0) is 10.2 Å². The van der Waals surface area contributed by atoms with Gasteiger partial charge >= 0.3 is 0 Å². The van der Waals surface area contributed by atoms with Crippen molar-refractivity contribution in [3.05, 3.63) is 71.3 Å². The zero-order valence-electron chi connectivity index (χ0n) is 16.2. The summed E-state index contributed by atoms with van der Waals surface area (Å²) in [4.78, 5) is 42.0. The molecule has 1 saturated carbocycles. The van der Waals surface area contributed by atoms with Crippen molar-refractivity contribution in [2.75, 3.05) is 19.6 Å². The van der Waals surface area contributed by atoms with E-state index in [0.29, 0.717) is 30.6 Å². The molecule has 1 heterocycles. The van der Waals surface area contributed by atoms with Crippen LogP contribution in [0.15, 0.2) is 54.6 Å². The number of carbonyl (C=O) groups is 3. The van der Waals surface area contributed by atoms with E-state index < -0.39 is 5.41 Å². The maximum absolute atomic E-state index is 13.4. The molecule has 2 aromatic rings. The van der Waals surface area contributed by atoms with Gasteiger partial charge in [0.05, 0.1) is 16.5 Å². The molecule has 0 spiro atoms. The van der Waals surface area contributed by atoms with Crippen LogP contribution in [0.3, 0.4) is 0 Å². The molecule has 1 aliphatic heterocycles. The Hall–Kier alpha value is -2.95. The number of nitrogens with zero attached hydrogens (tertiary/aromatic N) is 2. The van der Waals surface area contributed by atoms with Gasteiger partial charge in [-0.3, -0.25) is 19.3 Å². The molecule has 3 amide bonds. The molecule has 5 heteroatoms. The quantitative estimate of drug-likeness (QED) is 0.728. The number of hydrogen-bond acceptors (Lipinski definition) is 3. The van der Waals surface area contributed by atoms with Gasteiger partial charge in [-0.05, 0) is 43.9 Å². The number of rotatable bonds is 6. The lowest BCUT2D eigenvalue weighted by molar-refractivity contribution is -0.134. The summed E-state index contributed by atoms with van der Waals surface area (Å²) in [7, 11) is 0. The van der Waals surface area contributed by atoms with Crippen LogP contribution < -0.4 is 0 Å². The fourth-order valence-electron chi connectivity index (χ4n) is 4.44. The van der Waals surface area contributed by atoms with E-state index in [4.69, 9.17) is 0 Å². The molecule has 2 atom stereocenters. The van der Waals surface area contributed by atoms with Crippen molar-refractivity contribution in [2.24, 2.45) is 5.92 Å². The van der Waals surface area contributed by atoms with Crippen LogP contribution in [0.1, 0.15) is 46.5 Å². The van der Waals surface area contributed by atoms with E-state index in [2.05, 4.69) is 0 Å². The summed E-state index contributed by atoms with van der Waals surface area (Å²) in [5, 5.41) is 0. The molecular weight excluding hydrogens is 352 g/mol. The van der Waals surface area contributed by atoms with Crippen molar-refractivity contribution in [2.45, 2.75) is 25.7 Å². The van der Waals surface area contributed by atoms with Crippen LogP contribution in [0.2, 0.25) is 0 Å². The molecule has 2 aromatic carbocycles. The molecule has 0 unspecified atom stereocenters. The van der Waals surface area contributed by atoms with Gasteiger partial charge in [-0.2, -0.15) is 0 Å². The highest BCUT2D eigenvalue weighted by Crippen LogP contribution is 2.56. The lowest BCUT2D eigenvalue weighted by Crippen LogP contribution is -2.42. The second-order valence-corrected chi connectivity index (χ2v) is 7.48. The second-order valence-electron chi connectivity index (χ2n) is 7.48. The maximum atomic E-state index is 13.4. The summed E-state index contributed by atoms with van der Waals surface area (Å²) < 4.78 is 0. The lowest BCUT2D eigenvalue weighted by atomic mass is 9.91. The first-order valence-electron chi connectivity index (χ1n) is 9.84. The molecule has 1 fully saturated rings. The highest BCUT2D eigenvalue weighted by atomic mass is 16.2. The number of amides is 3. The Morgan fingerprint density at radius 2 is 1.50 bits per heavy atom. The summed E-state index contributed by atoms with van der Waals surface area (Å²) >= 11 is 0. The van der Waals surface area contributed by atoms with Crippen molar-refractivity contribution >= 4 is 17.7 Å². The van der Waals surface area contributed by atoms with Crippen molar-refractivity contribution in [1.82, 2.24) is 9.80 Å². The van der Waals surface area contributed by atoms with Crippen LogP contribution in [0.5, 0.6) is 0 Å². The Labute approximate surface area is 164 Å². The SMILES string of the molecule is CCN(CC)C(=O)[C@@]1(c2ccccc2)C[C@H]1CN1C(=O)c2ccccc2C1=O. The molecule has 0 bridgehead atoms. The summed E-state index contributed by atoms with van der Waals surface area (Å²) in [5.74, 6) is -0.495. The Bertz CT molecular complexity index is 901. The molecular formula is C23H24N2O3. The average molecular weight is 376 g/mol. The topological polar surface area (TPSA) is 57.7 Å². The van der Waals surface area contributed by atoms with Crippen molar-refractivity contribution in [3.63, 3.8) is 0 Å². The largest absolute Gasteiger partial charge is 0.342 e. The van der Waals surface area contributed by atoms with Gasteiger partial charge in [-0.15, -0.1) is 0 Å². The van der Waals surface area contributed by atoms with Gasteiger partial charge in [0.15, 0.2) is 0 Å². The highest BCUT2D eigenvalue weighted by Gasteiger charge is 2.63. The van der Waals surface area contributed by atoms with Crippen LogP contribution in [0.4, 0.5) is 0 Å². The van der Waals surface area contributed by atoms with E-state index >= 15 is 0 Å². The maximum Gasteiger partial charge on any atom is 0.261 e. The first-order chi connectivity index (χ1) is 13.5. The van der Waals surface area contributed by atoms with Crippen LogP contribution >= 0.6 is 0 Å². The molecule has 144 valence electrons. The average Bonchev–Trinajstić information content (AvgIpc) is 3.42. The number of carbonyl (C=O) groups excluding carboxylic acids is 3. The van der Waals surface area contributed by atoms with Gasteiger partial charge in [-0.1, -0.05) is 42.5 Å². The Morgan fingerprint density at radius 3 is 2.04 bits per heavy atom. The smallest absolute Gasteiger partial charge is 0.261 e. The third-order valence-electron chi connectivity index (χ3n) is 6.11. The minimum Gasteiger partial charge on any atom is -0.342 e. The first-order valence-corrected chi connectivity index (χ1v) is 9.84. The summed E-state index contributed by atoms with van der Waals surface area (Å²) in [6.45, 7) is 5.50. The van der Waals surface area contributed by atoms with Crippen molar-refractivity contribution in [3.8, 4) is 0 Å². The molecule has 1 aliphatic carbocycles. The molecule has 2 aliphatic rings. The van der Waals surface area contributed by atoms with Crippen molar-refractivity contribution < 1.29 is 14.4 Å². The van der Waals surface area contributed by atoms with Crippen molar-refractivity contribution in [1.29, 1.82) is 0 Å². The molecule has 0 N–H and O–H groups in total. The van der Waals surface area contributed by atoms with Crippen LogP contribution in [0, 0.1) is 5.92 Å². The zero-order valence-corrected chi connectivity index (χ0v) is 16.2. The molecule has 4 rings (SSSR count). The summed E-state index contributed by atoms with van der Waals surface area (Å²) in [6.07, 6.45) is 0.653. The van der Waals surface area contributed by atoms with Gasteiger partial charge < -0.3 is 4.90 Å². The number of fused-ring (bicyclic) bond motifs is 1. The highest BCUT2D eigenvalue weighted by molar-refractivity contribution is 6.21. The van der Waals surface area contributed by atoms with E-state index in [0.717, 1.165) is 5.56 Å². The van der Waals surface area contributed by atoms with Crippen LogP contribution in [0.25, 0.3) is 0 Å². The van der Waals surface area contributed by atoms with Gasteiger partial charge in [0.25, 0.3) is 11.8 Å². The minimum atomic E-state index is -0.650. The molecule has 0 aromatic heterocycles. The Morgan fingerprint density at radius 1 is 0.964 bits per heavy atom. The third-order valence-corrected chi connectivity index (χ3v) is 6.11.